The topological polar surface area (TPSA) is 91.3 Å². The maximum atomic E-state index is 10.4. The molecule has 0 saturated heterocycles. The van der Waals surface area contributed by atoms with E-state index < -0.39 is 5.97 Å². The van der Waals surface area contributed by atoms with Crippen molar-refractivity contribution in [3.63, 3.8) is 0 Å². The molecule has 1 atom stereocenters. The molecule has 0 amide bonds. The molecular formula is C12H27N3O3. The van der Waals surface area contributed by atoms with Gasteiger partial charge in [-0.25, -0.2) is 0 Å². The van der Waals surface area contributed by atoms with E-state index in [1.165, 1.54) is 6.92 Å². The first-order valence-electron chi connectivity index (χ1n) is 5.98. The number of likely N-dealkylation sites (N-methyl/N-ethyl adjacent to an activating group) is 1. The molecule has 6 nitrogen and oxygen atoms in total. The molecule has 0 aromatic carbocycles. The third kappa shape index (κ3) is 20.2. The monoisotopic (exact) mass is 261 g/mol. The molecule has 0 spiro atoms. The fourth-order valence-electron chi connectivity index (χ4n) is 0.792. The van der Waals surface area contributed by atoms with Gasteiger partial charge in [0.2, 0.25) is 0 Å². The Morgan fingerprint density at radius 2 is 1.78 bits per heavy atom. The Bertz CT molecular complexity index is 221. The summed E-state index contributed by atoms with van der Waals surface area (Å²) in [6.45, 7) is 5.24. The Hall–Kier alpha value is -1.27. The summed E-state index contributed by atoms with van der Waals surface area (Å²) in [6, 6.07) is -0.282. The van der Waals surface area contributed by atoms with E-state index in [9.17, 15) is 9.59 Å². The summed E-state index contributed by atoms with van der Waals surface area (Å²) in [7, 11) is 5.41. The summed E-state index contributed by atoms with van der Waals surface area (Å²) >= 11 is 0. The molecule has 0 aliphatic carbocycles. The molecule has 0 radical (unpaired) electrons. The molecular weight excluding hydrogens is 234 g/mol. The van der Waals surface area contributed by atoms with Gasteiger partial charge in [0.15, 0.2) is 5.90 Å². The van der Waals surface area contributed by atoms with Gasteiger partial charge in [-0.1, -0.05) is 13.8 Å². The number of ether oxygens (including phenoxy) is 1. The SMILES string of the molecule is CC.CNC.CNC(C=O)CCC(=N)OC(C)=O. The number of hydrogen-bond donors (Lipinski definition) is 3. The number of aldehydes is 1. The number of hydrogen-bond acceptors (Lipinski definition) is 6. The third-order valence-electron chi connectivity index (χ3n) is 1.48. The highest BCUT2D eigenvalue weighted by Crippen LogP contribution is 1.97. The minimum atomic E-state index is -0.503. The van der Waals surface area contributed by atoms with Gasteiger partial charge in [0.05, 0.1) is 6.04 Å². The van der Waals surface area contributed by atoms with Crippen molar-refractivity contribution in [2.75, 3.05) is 21.1 Å². The molecule has 0 bridgehead atoms. The van der Waals surface area contributed by atoms with Crippen LogP contribution in [0.15, 0.2) is 0 Å². The van der Waals surface area contributed by atoms with Crippen LogP contribution in [0, 0.1) is 5.41 Å². The van der Waals surface area contributed by atoms with Crippen LogP contribution in [0.5, 0.6) is 0 Å². The normalized spacial score (nSPS) is 9.89. The van der Waals surface area contributed by atoms with E-state index in [2.05, 4.69) is 15.4 Å². The second-order valence-corrected chi connectivity index (χ2v) is 3.09. The zero-order valence-corrected chi connectivity index (χ0v) is 12.3. The van der Waals surface area contributed by atoms with Gasteiger partial charge in [0.25, 0.3) is 0 Å². The van der Waals surface area contributed by atoms with Gasteiger partial charge >= 0.3 is 5.97 Å². The van der Waals surface area contributed by atoms with E-state index in [-0.39, 0.29) is 18.4 Å². The van der Waals surface area contributed by atoms with Gasteiger partial charge in [-0.15, -0.1) is 0 Å². The van der Waals surface area contributed by atoms with Crippen LogP contribution in [0.1, 0.15) is 33.6 Å². The van der Waals surface area contributed by atoms with Crippen molar-refractivity contribution in [1.82, 2.24) is 10.6 Å². The quantitative estimate of drug-likeness (QED) is 0.297. The number of carbonyl (C=O) groups excluding carboxylic acids is 2. The fourth-order valence-corrected chi connectivity index (χ4v) is 0.792. The van der Waals surface area contributed by atoms with Crippen molar-refractivity contribution >= 4 is 18.2 Å². The second kappa shape index (κ2) is 18.1. The fraction of sp³-hybridized carbons (Fsp3) is 0.750. The third-order valence-corrected chi connectivity index (χ3v) is 1.48. The first kappa shape index (κ1) is 22.0. The van der Waals surface area contributed by atoms with Crippen molar-refractivity contribution < 1.29 is 14.3 Å². The maximum absolute atomic E-state index is 10.4. The van der Waals surface area contributed by atoms with Gasteiger partial charge in [-0.05, 0) is 27.6 Å². The standard InChI is InChI=1S/C8H14N2O3.C2H7N.C2H6/c1-6(12)13-8(9)4-3-7(5-11)10-2;1-3-2;1-2/h5,7,9-10H,3-4H2,1-2H3;3H,1-2H3;1-2H3. The number of nitrogens with one attached hydrogen (secondary N) is 3. The molecule has 6 heteroatoms. The van der Waals surface area contributed by atoms with E-state index in [1.807, 2.05) is 27.9 Å². The molecule has 0 saturated carbocycles. The zero-order chi connectivity index (χ0) is 15.0. The largest absolute Gasteiger partial charge is 0.412 e. The molecule has 0 fully saturated rings. The summed E-state index contributed by atoms with van der Waals surface area (Å²) in [5, 5.41) is 12.7. The highest BCUT2D eigenvalue weighted by atomic mass is 16.5. The molecule has 0 heterocycles. The summed E-state index contributed by atoms with van der Waals surface area (Å²) < 4.78 is 4.49. The molecule has 0 aromatic heterocycles. The predicted octanol–water partition coefficient (Wildman–Crippen LogP) is 0.956. The Morgan fingerprint density at radius 3 is 2.06 bits per heavy atom. The van der Waals surface area contributed by atoms with E-state index >= 15 is 0 Å². The first-order chi connectivity index (χ1) is 8.51. The Morgan fingerprint density at radius 1 is 1.33 bits per heavy atom. The summed E-state index contributed by atoms with van der Waals surface area (Å²) in [5.74, 6) is -0.605. The molecule has 0 aromatic rings. The first-order valence-corrected chi connectivity index (χ1v) is 5.98. The lowest BCUT2D eigenvalue weighted by molar-refractivity contribution is -0.133. The van der Waals surface area contributed by atoms with Crippen molar-refractivity contribution in [3.8, 4) is 0 Å². The van der Waals surface area contributed by atoms with E-state index in [1.54, 1.807) is 7.05 Å². The van der Waals surface area contributed by atoms with E-state index in [4.69, 9.17) is 5.41 Å². The molecule has 1 unspecified atom stereocenters. The zero-order valence-electron chi connectivity index (χ0n) is 12.3. The van der Waals surface area contributed by atoms with Gasteiger partial charge in [0.1, 0.15) is 6.29 Å². The van der Waals surface area contributed by atoms with Crippen LogP contribution in [0.4, 0.5) is 0 Å². The van der Waals surface area contributed by atoms with Crippen LogP contribution in [0.25, 0.3) is 0 Å². The molecule has 18 heavy (non-hydrogen) atoms. The molecule has 0 rings (SSSR count). The van der Waals surface area contributed by atoms with Gasteiger partial charge in [-0.3, -0.25) is 10.2 Å². The van der Waals surface area contributed by atoms with Crippen LogP contribution in [-0.4, -0.2) is 45.3 Å². The van der Waals surface area contributed by atoms with Gasteiger partial charge in [0, 0.05) is 13.3 Å². The minimum Gasteiger partial charge on any atom is -0.412 e. The molecule has 0 aliphatic rings. The Labute approximate surface area is 110 Å². The van der Waals surface area contributed by atoms with Crippen LogP contribution < -0.4 is 10.6 Å². The Kier molecular flexibility index (Phi) is 22.1. The number of esters is 1. The lowest BCUT2D eigenvalue weighted by atomic mass is 10.2. The minimum absolute atomic E-state index is 0.102. The Balaban J connectivity index is -0.000000389. The molecule has 108 valence electrons. The van der Waals surface area contributed by atoms with Crippen molar-refractivity contribution in [3.05, 3.63) is 0 Å². The molecule has 0 aliphatic heterocycles. The number of rotatable bonds is 5. The van der Waals surface area contributed by atoms with Crippen molar-refractivity contribution in [2.24, 2.45) is 0 Å². The second-order valence-electron chi connectivity index (χ2n) is 3.09. The maximum Gasteiger partial charge on any atom is 0.309 e. The van der Waals surface area contributed by atoms with Crippen LogP contribution in [0.3, 0.4) is 0 Å². The van der Waals surface area contributed by atoms with Crippen LogP contribution in [-0.2, 0) is 14.3 Å². The van der Waals surface area contributed by atoms with Gasteiger partial charge in [-0.2, -0.15) is 0 Å². The lowest BCUT2D eigenvalue weighted by Gasteiger charge is -2.08. The highest BCUT2D eigenvalue weighted by molar-refractivity contribution is 5.85. The summed E-state index contributed by atoms with van der Waals surface area (Å²) in [4.78, 5) is 20.7. The molecule has 3 N–H and O–H groups in total. The van der Waals surface area contributed by atoms with Crippen LogP contribution >= 0.6 is 0 Å². The van der Waals surface area contributed by atoms with Crippen molar-refractivity contribution in [2.45, 2.75) is 39.7 Å². The van der Waals surface area contributed by atoms with Crippen LogP contribution in [0.2, 0.25) is 0 Å². The highest BCUT2D eigenvalue weighted by Gasteiger charge is 2.07. The smallest absolute Gasteiger partial charge is 0.309 e. The van der Waals surface area contributed by atoms with Gasteiger partial charge < -0.3 is 20.2 Å². The number of carbonyl (C=O) groups is 2. The predicted molar refractivity (Wildman–Crippen MR) is 74.0 cm³/mol. The average Bonchev–Trinajstić information content (AvgIpc) is 2.33. The summed E-state index contributed by atoms with van der Waals surface area (Å²) in [6.07, 6.45) is 1.51. The summed E-state index contributed by atoms with van der Waals surface area (Å²) in [5.41, 5.74) is 0. The average molecular weight is 261 g/mol. The lowest BCUT2D eigenvalue weighted by Crippen LogP contribution is -2.27. The van der Waals surface area contributed by atoms with E-state index in [0.29, 0.717) is 6.42 Å². The van der Waals surface area contributed by atoms with E-state index in [0.717, 1.165) is 6.29 Å². The van der Waals surface area contributed by atoms with Crippen molar-refractivity contribution in [1.29, 1.82) is 5.41 Å².